The van der Waals surface area contributed by atoms with Gasteiger partial charge in [-0.15, -0.1) is 10.2 Å². The Bertz CT molecular complexity index is 1010. The molecule has 6 heteroatoms. The third-order valence-corrected chi connectivity index (χ3v) is 6.65. The van der Waals surface area contributed by atoms with E-state index >= 15 is 0 Å². The molecule has 1 atom stereocenters. The molecule has 1 heterocycles. The summed E-state index contributed by atoms with van der Waals surface area (Å²) in [6.07, 6.45) is 6.62. The Labute approximate surface area is 182 Å². The van der Waals surface area contributed by atoms with Crippen LogP contribution in [0.1, 0.15) is 43.7 Å². The van der Waals surface area contributed by atoms with E-state index < -0.39 is 0 Å². The molecular weight excluding hydrogens is 392 g/mol. The third kappa shape index (κ3) is 4.52. The predicted octanol–water partition coefficient (Wildman–Crippen LogP) is 5.69. The Morgan fingerprint density at radius 3 is 2.53 bits per heavy atom. The minimum absolute atomic E-state index is 0.218. The highest BCUT2D eigenvalue weighted by Gasteiger charge is 2.27. The van der Waals surface area contributed by atoms with Crippen LogP contribution in [0.2, 0.25) is 0 Å². The highest BCUT2D eigenvalue weighted by molar-refractivity contribution is 8.00. The summed E-state index contributed by atoms with van der Waals surface area (Å²) in [6.45, 7) is 0. The molecule has 1 aromatic heterocycles. The summed E-state index contributed by atoms with van der Waals surface area (Å²) in [7, 11) is 1.68. The molecule has 5 nitrogen and oxygen atoms in total. The van der Waals surface area contributed by atoms with Gasteiger partial charge in [-0.3, -0.25) is 4.57 Å². The number of nitriles is 1. The van der Waals surface area contributed by atoms with Gasteiger partial charge in [0.05, 0.1) is 18.7 Å². The number of para-hydroxylation sites is 1. The molecule has 30 heavy (non-hydrogen) atoms. The largest absolute Gasteiger partial charge is 0.496 e. The van der Waals surface area contributed by atoms with Crippen LogP contribution in [0.15, 0.2) is 59.8 Å². The second-order valence-corrected chi connectivity index (χ2v) is 8.76. The van der Waals surface area contributed by atoms with Gasteiger partial charge in [0.15, 0.2) is 11.0 Å². The maximum atomic E-state index is 9.81. The van der Waals surface area contributed by atoms with Crippen molar-refractivity contribution in [3.63, 3.8) is 0 Å². The Balaban J connectivity index is 1.69. The van der Waals surface area contributed by atoms with E-state index in [0.29, 0.717) is 12.5 Å². The van der Waals surface area contributed by atoms with Crippen LogP contribution in [-0.4, -0.2) is 27.1 Å². The maximum Gasteiger partial charge on any atom is 0.193 e. The Kier molecular flexibility index (Phi) is 6.70. The van der Waals surface area contributed by atoms with Gasteiger partial charge in [0.2, 0.25) is 0 Å². The van der Waals surface area contributed by atoms with Gasteiger partial charge < -0.3 is 4.74 Å². The van der Waals surface area contributed by atoms with Crippen LogP contribution in [0.25, 0.3) is 11.4 Å². The van der Waals surface area contributed by atoms with E-state index in [1.54, 1.807) is 7.11 Å². The first-order valence-electron chi connectivity index (χ1n) is 10.5. The average Bonchev–Trinajstić information content (AvgIpc) is 3.23. The second kappa shape index (κ2) is 9.82. The SMILES string of the molecule is COc1ccccc1-c1nnc(S[C@@H](C#N)Cc2ccccc2)n1C1CCCCC1. The van der Waals surface area contributed by atoms with E-state index in [4.69, 9.17) is 4.74 Å². The van der Waals surface area contributed by atoms with E-state index in [2.05, 4.69) is 33.0 Å². The molecule has 1 aliphatic rings. The van der Waals surface area contributed by atoms with Gasteiger partial charge in [0.1, 0.15) is 11.0 Å². The number of nitrogens with zero attached hydrogens (tertiary/aromatic N) is 4. The molecule has 0 unspecified atom stereocenters. The fourth-order valence-corrected chi connectivity index (χ4v) is 5.13. The van der Waals surface area contributed by atoms with Crippen molar-refractivity contribution in [1.82, 2.24) is 14.8 Å². The number of methoxy groups -OCH3 is 1. The summed E-state index contributed by atoms with van der Waals surface area (Å²) in [4.78, 5) is 0. The lowest BCUT2D eigenvalue weighted by molar-refractivity contribution is 0.338. The van der Waals surface area contributed by atoms with E-state index in [-0.39, 0.29) is 5.25 Å². The lowest BCUT2D eigenvalue weighted by Crippen LogP contribution is -2.16. The lowest BCUT2D eigenvalue weighted by atomic mass is 9.95. The molecule has 3 aromatic rings. The molecule has 0 saturated heterocycles. The van der Waals surface area contributed by atoms with Crippen molar-refractivity contribution in [2.75, 3.05) is 7.11 Å². The topological polar surface area (TPSA) is 63.7 Å². The summed E-state index contributed by atoms with van der Waals surface area (Å²) < 4.78 is 7.85. The maximum absolute atomic E-state index is 9.81. The van der Waals surface area contributed by atoms with Crippen LogP contribution < -0.4 is 4.74 Å². The zero-order valence-corrected chi connectivity index (χ0v) is 18.0. The van der Waals surface area contributed by atoms with Gasteiger partial charge in [-0.2, -0.15) is 5.26 Å². The van der Waals surface area contributed by atoms with E-state index in [9.17, 15) is 5.26 Å². The highest BCUT2D eigenvalue weighted by Crippen LogP contribution is 2.39. The molecular formula is C24H26N4OS. The van der Waals surface area contributed by atoms with Gasteiger partial charge in [0.25, 0.3) is 0 Å². The first kappa shape index (κ1) is 20.5. The quantitative estimate of drug-likeness (QED) is 0.462. The van der Waals surface area contributed by atoms with Crippen LogP contribution in [-0.2, 0) is 6.42 Å². The first-order chi connectivity index (χ1) is 14.8. The summed E-state index contributed by atoms with van der Waals surface area (Å²) in [5.41, 5.74) is 2.10. The minimum atomic E-state index is -0.218. The molecule has 0 N–H and O–H groups in total. The van der Waals surface area contributed by atoms with Gasteiger partial charge in [-0.05, 0) is 37.0 Å². The number of hydrogen-bond donors (Lipinski definition) is 0. The molecule has 1 fully saturated rings. The van der Waals surface area contributed by atoms with E-state index in [0.717, 1.165) is 40.7 Å². The van der Waals surface area contributed by atoms with Gasteiger partial charge >= 0.3 is 0 Å². The van der Waals surface area contributed by atoms with Crippen LogP contribution >= 0.6 is 11.8 Å². The molecule has 1 saturated carbocycles. The summed E-state index contributed by atoms with van der Waals surface area (Å²) in [5, 5.41) is 19.5. The average molecular weight is 419 g/mol. The molecule has 0 bridgehead atoms. The fraction of sp³-hybridized carbons (Fsp3) is 0.375. The van der Waals surface area contributed by atoms with Crippen LogP contribution in [0.4, 0.5) is 0 Å². The predicted molar refractivity (Wildman–Crippen MR) is 120 cm³/mol. The zero-order valence-electron chi connectivity index (χ0n) is 17.2. The van der Waals surface area contributed by atoms with Crippen molar-refractivity contribution >= 4 is 11.8 Å². The number of rotatable bonds is 7. The normalized spacial score (nSPS) is 15.5. The number of hydrogen-bond acceptors (Lipinski definition) is 5. The minimum Gasteiger partial charge on any atom is -0.496 e. The lowest BCUT2D eigenvalue weighted by Gasteiger charge is -2.26. The van der Waals surface area contributed by atoms with Crippen molar-refractivity contribution in [3.8, 4) is 23.2 Å². The van der Waals surface area contributed by atoms with Crippen LogP contribution in [0.3, 0.4) is 0 Å². The van der Waals surface area contributed by atoms with Crippen LogP contribution in [0, 0.1) is 11.3 Å². The van der Waals surface area contributed by atoms with Crippen molar-refractivity contribution in [3.05, 3.63) is 60.2 Å². The van der Waals surface area contributed by atoms with Crippen molar-refractivity contribution < 1.29 is 4.74 Å². The van der Waals surface area contributed by atoms with E-state index in [1.165, 1.54) is 31.0 Å². The molecule has 0 spiro atoms. The smallest absolute Gasteiger partial charge is 0.193 e. The molecule has 0 amide bonds. The highest BCUT2D eigenvalue weighted by atomic mass is 32.2. The Morgan fingerprint density at radius 1 is 1.07 bits per heavy atom. The van der Waals surface area contributed by atoms with E-state index in [1.807, 2.05) is 42.5 Å². The standard InChI is InChI=1S/C24H26N4OS/c1-29-22-15-9-8-14-21(22)23-26-27-24(28(23)19-12-6-3-7-13-19)30-20(17-25)16-18-10-4-2-5-11-18/h2,4-5,8-11,14-15,19-20H,3,6-7,12-13,16H2,1H3/t20-/m1/s1. The van der Waals surface area contributed by atoms with Gasteiger partial charge in [-0.25, -0.2) is 0 Å². The first-order valence-corrected chi connectivity index (χ1v) is 11.4. The summed E-state index contributed by atoms with van der Waals surface area (Å²) in [6, 6.07) is 20.9. The molecule has 154 valence electrons. The van der Waals surface area contributed by atoms with Crippen molar-refractivity contribution in [2.45, 2.75) is 55.0 Å². The monoisotopic (exact) mass is 418 g/mol. The third-order valence-electron chi connectivity index (χ3n) is 5.61. The molecule has 0 radical (unpaired) electrons. The molecule has 0 aliphatic heterocycles. The number of ether oxygens (including phenoxy) is 1. The van der Waals surface area contributed by atoms with Gasteiger partial charge in [-0.1, -0.05) is 73.5 Å². The number of benzene rings is 2. The summed E-state index contributed by atoms with van der Waals surface area (Å²) in [5.74, 6) is 1.62. The zero-order chi connectivity index (χ0) is 20.8. The Hall–Kier alpha value is -2.78. The van der Waals surface area contributed by atoms with Crippen molar-refractivity contribution in [1.29, 1.82) is 5.26 Å². The second-order valence-electron chi connectivity index (χ2n) is 7.59. The molecule has 2 aromatic carbocycles. The number of thioether (sulfide) groups is 1. The Morgan fingerprint density at radius 2 is 1.80 bits per heavy atom. The van der Waals surface area contributed by atoms with Crippen molar-refractivity contribution in [2.24, 2.45) is 0 Å². The number of aromatic nitrogens is 3. The van der Waals surface area contributed by atoms with Crippen LogP contribution in [0.5, 0.6) is 5.75 Å². The van der Waals surface area contributed by atoms with Gasteiger partial charge in [0, 0.05) is 6.04 Å². The summed E-state index contributed by atoms with van der Waals surface area (Å²) >= 11 is 1.52. The molecule has 4 rings (SSSR count). The molecule has 1 aliphatic carbocycles. The fourth-order valence-electron chi connectivity index (χ4n) is 4.11.